The second-order valence-corrected chi connectivity index (χ2v) is 11.0. The number of nitrogens with one attached hydrogen (secondary N) is 1. The van der Waals surface area contributed by atoms with Crippen LogP contribution in [0.2, 0.25) is 0 Å². The van der Waals surface area contributed by atoms with Gasteiger partial charge >= 0.3 is 0 Å². The van der Waals surface area contributed by atoms with E-state index in [1.807, 2.05) is 58.1 Å². The molecule has 1 amide bonds. The van der Waals surface area contributed by atoms with Gasteiger partial charge in [-0.05, 0) is 67.8 Å². The second-order valence-electron chi connectivity index (χ2n) is 11.0. The maximum Gasteiger partial charge on any atom is 0.228 e. The Balaban J connectivity index is 1.31. The van der Waals surface area contributed by atoms with Crippen LogP contribution in [0, 0.1) is 17.7 Å². The van der Waals surface area contributed by atoms with Gasteiger partial charge in [-0.25, -0.2) is 4.39 Å². The lowest BCUT2D eigenvalue weighted by Gasteiger charge is -2.37. The Morgan fingerprint density at radius 2 is 2.08 bits per heavy atom. The molecule has 1 saturated carbocycles. The highest BCUT2D eigenvalue weighted by molar-refractivity contribution is 5.99. The smallest absolute Gasteiger partial charge is 0.228 e. The first-order chi connectivity index (χ1) is 18.5. The molecule has 1 saturated heterocycles. The van der Waals surface area contributed by atoms with Crippen molar-refractivity contribution >= 4 is 22.6 Å². The maximum absolute atomic E-state index is 15.2. The Bertz CT molecular complexity index is 1380. The minimum atomic E-state index is -0.295. The molecule has 198 valence electrons. The van der Waals surface area contributed by atoms with Crippen molar-refractivity contribution in [3.05, 3.63) is 77.5 Å². The van der Waals surface area contributed by atoms with E-state index < -0.39 is 0 Å². The van der Waals surface area contributed by atoms with Crippen LogP contribution in [-0.2, 0) is 22.7 Å². The lowest BCUT2D eigenvalue weighted by atomic mass is 9.77. The van der Waals surface area contributed by atoms with Gasteiger partial charge in [0.05, 0.1) is 18.0 Å². The molecule has 0 spiro atoms. The molecule has 0 radical (unpaired) electrons. The number of halogens is 1. The van der Waals surface area contributed by atoms with Gasteiger partial charge in [0.25, 0.3) is 0 Å². The molecule has 0 bridgehead atoms. The number of Topliss-reactive ketones (excluding diaryl/α,β-unsaturated/α-hetero) is 1. The van der Waals surface area contributed by atoms with Crippen LogP contribution in [0.4, 0.5) is 4.39 Å². The number of rotatable bonds is 7. The van der Waals surface area contributed by atoms with E-state index in [0.29, 0.717) is 31.6 Å². The third-order valence-corrected chi connectivity index (χ3v) is 8.18. The number of carbonyl (C=O) groups excluding carboxylic acids is 2. The van der Waals surface area contributed by atoms with Crippen molar-refractivity contribution < 1.29 is 14.0 Å². The quantitative estimate of drug-likeness (QED) is 0.523. The fraction of sp³-hybridized carbons (Fsp3) is 0.433. The monoisotopic (exact) mass is 515 g/mol. The molecule has 3 aromatic rings. The highest BCUT2D eigenvalue weighted by Gasteiger charge is 2.42. The predicted octanol–water partition coefficient (Wildman–Crippen LogP) is 3.38. The molecule has 1 aromatic carbocycles. The molecule has 1 aliphatic carbocycles. The van der Waals surface area contributed by atoms with E-state index in [9.17, 15) is 9.59 Å². The number of amides is 1. The van der Waals surface area contributed by atoms with E-state index in [0.717, 1.165) is 54.6 Å². The molecule has 2 fully saturated rings. The average molecular weight is 516 g/mol. The summed E-state index contributed by atoms with van der Waals surface area (Å²) in [6.07, 6.45) is 10.3. The van der Waals surface area contributed by atoms with Crippen molar-refractivity contribution in [3.8, 4) is 0 Å². The Morgan fingerprint density at radius 3 is 2.84 bits per heavy atom. The average Bonchev–Trinajstić information content (AvgIpc) is 3.70. The minimum absolute atomic E-state index is 0.0711. The van der Waals surface area contributed by atoms with E-state index in [1.54, 1.807) is 12.3 Å². The van der Waals surface area contributed by atoms with Crippen molar-refractivity contribution in [2.45, 2.75) is 38.4 Å². The second kappa shape index (κ2) is 10.4. The van der Waals surface area contributed by atoms with E-state index in [2.05, 4.69) is 10.3 Å². The topological polar surface area (TPSA) is 70.5 Å². The first-order valence-electron chi connectivity index (χ1n) is 13.6. The molecule has 2 atom stereocenters. The van der Waals surface area contributed by atoms with Crippen molar-refractivity contribution in [2.24, 2.45) is 11.8 Å². The summed E-state index contributed by atoms with van der Waals surface area (Å²) in [4.78, 5) is 35.2. The van der Waals surface area contributed by atoms with Gasteiger partial charge in [0.1, 0.15) is 5.82 Å². The van der Waals surface area contributed by atoms with Gasteiger partial charge in [-0.3, -0.25) is 19.5 Å². The van der Waals surface area contributed by atoms with Crippen LogP contribution in [0.3, 0.4) is 0 Å². The van der Waals surface area contributed by atoms with Crippen LogP contribution < -0.4 is 5.32 Å². The van der Waals surface area contributed by atoms with Crippen LogP contribution in [0.5, 0.6) is 0 Å². The summed E-state index contributed by atoms with van der Waals surface area (Å²) in [6, 6.07) is 9.22. The molecule has 0 unspecified atom stereocenters. The number of carbonyl (C=O) groups is 2. The summed E-state index contributed by atoms with van der Waals surface area (Å²) in [5.74, 6) is -0.444. The SMILES string of the molecule is CN1CC=C([C@H]2CCNC[C@@H]2C(=O)N(Cc2cn(Cc3cccnc3)c3cccc(F)c23)C2CC2)C(=O)C1. The number of pyridine rings is 1. The van der Waals surface area contributed by atoms with Crippen LogP contribution in [0.25, 0.3) is 10.9 Å². The van der Waals surface area contributed by atoms with Crippen molar-refractivity contribution in [3.63, 3.8) is 0 Å². The molecule has 8 heteroatoms. The molecular weight excluding hydrogens is 481 g/mol. The Labute approximate surface area is 222 Å². The lowest BCUT2D eigenvalue weighted by molar-refractivity contribution is -0.138. The van der Waals surface area contributed by atoms with Crippen LogP contribution >= 0.6 is 0 Å². The highest BCUT2D eigenvalue weighted by atomic mass is 19.1. The number of benzene rings is 1. The van der Waals surface area contributed by atoms with Crippen molar-refractivity contribution in [2.75, 3.05) is 33.2 Å². The first-order valence-corrected chi connectivity index (χ1v) is 13.6. The molecular formula is C30H34FN5O2. The minimum Gasteiger partial charge on any atom is -0.343 e. The summed E-state index contributed by atoms with van der Waals surface area (Å²) in [6.45, 7) is 3.42. The van der Waals surface area contributed by atoms with Gasteiger partial charge in [0, 0.05) is 62.1 Å². The van der Waals surface area contributed by atoms with Crippen molar-refractivity contribution in [1.82, 2.24) is 24.7 Å². The van der Waals surface area contributed by atoms with Gasteiger partial charge < -0.3 is 14.8 Å². The molecule has 1 N–H and O–H groups in total. The third kappa shape index (κ3) is 4.90. The zero-order valence-corrected chi connectivity index (χ0v) is 21.8. The molecule has 6 rings (SSSR count). The summed E-state index contributed by atoms with van der Waals surface area (Å²) in [7, 11) is 1.94. The Hall–Kier alpha value is -3.36. The fourth-order valence-corrected chi connectivity index (χ4v) is 6.12. The van der Waals surface area contributed by atoms with E-state index in [-0.39, 0.29) is 35.4 Å². The number of piperidine rings is 1. The lowest BCUT2D eigenvalue weighted by Crippen LogP contribution is -2.49. The zero-order chi connectivity index (χ0) is 26.2. The number of aromatic nitrogens is 2. The number of likely N-dealkylation sites (N-methyl/N-ethyl adjacent to an activating group) is 1. The Kier molecular flexibility index (Phi) is 6.84. The van der Waals surface area contributed by atoms with Gasteiger partial charge in [-0.1, -0.05) is 18.2 Å². The fourth-order valence-electron chi connectivity index (χ4n) is 6.12. The van der Waals surface area contributed by atoms with Crippen LogP contribution in [0.1, 0.15) is 30.4 Å². The van der Waals surface area contributed by atoms with E-state index >= 15 is 4.39 Å². The summed E-state index contributed by atoms with van der Waals surface area (Å²) >= 11 is 0. The number of ketones is 1. The molecule has 4 heterocycles. The van der Waals surface area contributed by atoms with E-state index in [1.165, 1.54) is 6.07 Å². The summed E-state index contributed by atoms with van der Waals surface area (Å²) < 4.78 is 17.3. The maximum atomic E-state index is 15.2. The number of hydrogen-bond donors (Lipinski definition) is 1. The predicted molar refractivity (Wildman–Crippen MR) is 144 cm³/mol. The van der Waals surface area contributed by atoms with Gasteiger partial charge in [0.15, 0.2) is 5.78 Å². The van der Waals surface area contributed by atoms with Crippen LogP contribution in [-0.4, -0.2) is 70.3 Å². The highest BCUT2D eigenvalue weighted by Crippen LogP contribution is 2.37. The molecule has 38 heavy (non-hydrogen) atoms. The molecule has 7 nitrogen and oxygen atoms in total. The molecule has 2 aromatic heterocycles. The van der Waals surface area contributed by atoms with Gasteiger partial charge in [-0.15, -0.1) is 0 Å². The van der Waals surface area contributed by atoms with Gasteiger partial charge in [-0.2, -0.15) is 0 Å². The number of fused-ring (bicyclic) bond motifs is 1. The normalized spacial score (nSPS) is 22.5. The first kappa shape index (κ1) is 24.9. The third-order valence-electron chi connectivity index (χ3n) is 8.18. The van der Waals surface area contributed by atoms with Crippen LogP contribution in [0.15, 0.2) is 60.6 Å². The van der Waals surface area contributed by atoms with Gasteiger partial charge in [0.2, 0.25) is 5.91 Å². The summed E-state index contributed by atoms with van der Waals surface area (Å²) in [5.41, 5.74) is 3.48. The van der Waals surface area contributed by atoms with Crippen molar-refractivity contribution in [1.29, 1.82) is 0 Å². The Morgan fingerprint density at radius 1 is 1.21 bits per heavy atom. The molecule has 3 aliphatic rings. The molecule has 2 aliphatic heterocycles. The standard InChI is InChI=1S/C30H34FN5O2/c1-34-13-10-24(28(37)19-34)23-9-12-33-15-25(23)30(38)36(22-7-8-22)18-21-17-35(16-20-4-3-11-32-14-20)27-6-2-5-26(31)29(21)27/h2-6,10-11,14,17,22-23,25,33H,7-9,12-13,15-16,18-19H2,1H3/t23-,25+/m1/s1. The summed E-state index contributed by atoms with van der Waals surface area (Å²) in [5, 5.41) is 3.96. The number of nitrogens with zero attached hydrogens (tertiary/aromatic N) is 4. The number of hydrogen-bond acceptors (Lipinski definition) is 5. The van der Waals surface area contributed by atoms with E-state index in [4.69, 9.17) is 0 Å². The largest absolute Gasteiger partial charge is 0.343 e. The zero-order valence-electron chi connectivity index (χ0n) is 21.8.